The van der Waals surface area contributed by atoms with Crippen molar-refractivity contribution in [3.63, 3.8) is 0 Å². The summed E-state index contributed by atoms with van der Waals surface area (Å²) < 4.78 is 28.9. The monoisotopic (exact) mass is 318 g/mol. The smallest absolute Gasteiger partial charge is 0.244 e. The second-order valence-corrected chi connectivity index (χ2v) is 7.91. The van der Waals surface area contributed by atoms with Crippen LogP contribution in [0.15, 0.2) is 17.2 Å². The van der Waals surface area contributed by atoms with E-state index in [2.05, 4.69) is 0 Å². The van der Waals surface area contributed by atoms with Crippen LogP contribution in [-0.2, 0) is 15.9 Å². The molecule has 1 fully saturated rings. The summed E-state index contributed by atoms with van der Waals surface area (Å²) in [6.07, 6.45) is 4.01. The average Bonchev–Trinajstić information content (AvgIpc) is 3.10. The fourth-order valence-electron chi connectivity index (χ4n) is 2.36. The number of halogens is 1. The maximum atomic E-state index is 12.7. The number of sulfonamides is 1. The number of rotatable bonds is 7. The number of alkyl halides is 1. The van der Waals surface area contributed by atoms with Crippen LogP contribution in [0.1, 0.15) is 45.3 Å². The lowest BCUT2D eigenvalue weighted by molar-refractivity contribution is 0.412. The summed E-state index contributed by atoms with van der Waals surface area (Å²) >= 11 is 5.92. The number of hydrogen-bond acceptors (Lipinski definition) is 2. The molecule has 114 valence electrons. The second-order valence-electron chi connectivity index (χ2n) is 5.70. The van der Waals surface area contributed by atoms with Gasteiger partial charge in [0.05, 0.1) is 5.88 Å². The van der Waals surface area contributed by atoms with Crippen LogP contribution in [-0.4, -0.2) is 30.4 Å². The molecule has 1 aliphatic rings. The molecule has 0 amide bonds. The van der Waals surface area contributed by atoms with Gasteiger partial charge in [-0.3, -0.25) is 0 Å². The fraction of sp³-hybridized carbons (Fsp3) is 0.714. The third-order valence-corrected chi connectivity index (χ3v) is 5.93. The predicted molar refractivity (Wildman–Crippen MR) is 81.5 cm³/mol. The number of aromatic nitrogens is 1. The molecule has 20 heavy (non-hydrogen) atoms. The Morgan fingerprint density at radius 1 is 1.45 bits per heavy atom. The highest BCUT2D eigenvalue weighted by Gasteiger charge is 2.31. The molecule has 0 aliphatic heterocycles. The molecule has 0 N–H and O–H groups in total. The molecule has 0 spiro atoms. The normalized spacial score (nSPS) is 16.3. The lowest BCUT2D eigenvalue weighted by atomic mass is 10.4. The average molecular weight is 319 g/mol. The van der Waals surface area contributed by atoms with Crippen LogP contribution in [0.4, 0.5) is 0 Å². The predicted octanol–water partition coefficient (Wildman–Crippen LogP) is 3.23. The van der Waals surface area contributed by atoms with Crippen LogP contribution in [0.2, 0.25) is 0 Å². The second kappa shape index (κ2) is 6.08. The molecular formula is C14H23ClN2O2S. The van der Waals surface area contributed by atoms with E-state index >= 15 is 0 Å². The third-order valence-electron chi connectivity index (χ3n) is 3.75. The van der Waals surface area contributed by atoms with Gasteiger partial charge in [0.25, 0.3) is 0 Å². The van der Waals surface area contributed by atoms with Crippen molar-refractivity contribution < 1.29 is 8.42 Å². The SMILES string of the molecule is CCN(CC1CC1)S(=O)(=O)c1cc(CCl)n(C(C)C)c1. The van der Waals surface area contributed by atoms with Gasteiger partial charge < -0.3 is 4.57 Å². The van der Waals surface area contributed by atoms with Crippen molar-refractivity contribution in [3.8, 4) is 0 Å². The molecule has 2 rings (SSSR count). The topological polar surface area (TPSA) is 42.3 Å². The van der Waals surface area contributed by atoms with E-state index in [4.69, 9.17) is 11.6 Å². The van der Waals surface area contributed by atoms with Crippen LogP contribution in [0.3, 0.4) is 0 Å². The molecule has 1 aliphatic carbocycles. The molecule has 1 heterocycles. The fourth-order valence-corrected chi connectivity index (χ4v) is 4.15. The van der Waals surface area contributed by atoms with E-state index < -0.39 is 10.0 Å². The molecule has 0 radical (unpaired) electrons. The van der Waals surface area contributed by atoms with Gasteiger partial charge in [0.15, 0.2) is 0 Å². The van der Waals surface area contributed by atoms with E-state index in [9.17, 15) is 8.42 Å². The Kier molecular flexibility index (Phi) is 4.82. The minimum atomic E-state index is -3.40. The summed E-state index contributed by atoms with van der Waals surface area (Å²) in [6.45, 7) is 7.09. The summed E-state index contributed by atoms with van der Waals surface area (Å²) in [4.78, 5) is 0.365. The maximum Gasteiger partial charge on any atom is 0.244 e. The van der Waals surface area contributed by atoms with Gasteiger partial charge in [-0.2, -0.15) is 4.31 Å². The van der Waals surface area contributed by atoms with Gasteiger partial charge in [-0.15, -0.1) is 11.6 Å². The first-order valence-electron chi connectivity index (χ1n) is 7.17. The Labute approximate surface area is 126 Å². The van der Waals surface area contributed by atoms with E-state index in [0.717, 1.165) is 18.5 Å². The van der Waals surface area contributed by atoms with Gasteiger partial charge in [-0.1, -0.05) is 6.92 Å². The molecule has 1 aromatic heterocycles. The highest BCUT2D eigenvalue weighted by atomic mass is 35.5. The largest absolute Gasteiger partial charge is 0.346 e. The van der Waals surface area contributed by atoms with Crippen molar-refractivity contribution in [1.29, 1.82) is 0 Å². The Morgan fingerprint density at radius 3 is 2.50 bits per heavy atom. The molecule has 1 saturated carbocycles. The van der Waals surface area contributed by atoms with Crippen molar-refractivity contribution in [2.75, 3.05) is 13.1 Å². The zero-order valence-electron chi connectivity index (χ0n) is 12.3. The zero-order chi connectivity index (χ0) is 14.9. The minimum Gasteiger partial charge on any atom is -0.346 e. The van der Waals surface area contributed by atoms with E-state index in [1.54, 1.807) is 16.6 Å². The quantitative estimate of drug-likeness (QED) is 0.724. The summed E-state index contributed by atoms with van der Waals surface area (Å²) in [6, 6.07) is 1.91. The first kappa shape index (κ1) is 15.9. The molecule has 4 nitrogen and oxygen atoms in total. The zero-order valence-corrected chi connectivity index (χ0v) is 13.9. The van der Waals surface area contributed by atoms with Crippen LogP contribution in [0.5, 0.6) is 0 Å². The summed E-state index contributed by atoms with van der Waals surface area (Å²) in [7, 11) is -3.40. The molecular weight excluding hydrogens is 296 g/mol. The van der Waals surface area contributed by atoms with E-state index in [0.29, 0.717) is 29.8 Å². The number of nitrogens with zero attached hydrogens (tertiary/aromatic N) is 2. The van der Waals surface area contributed by atoms with Crippen LogP contribution < -0.4 is 0 Å². The van der Waals surface area contributed by atoms with Gasteiger partial charge in [-0.05, 0) is 38.7 Å². The lowest BCUT2D eigenvalue weighted by Crippen LogP contribution is -2.32. The van der Waals surface area contributed by atoms with Crippen LogP contribution in [0.25, 0.3) is 0 Å². The molecule has 0 aromatic carbocycles. The first-order valence-corrected chi connectivity index (χ1v) is 9.14. The molecule has 0 unspecified atom stereocenters. The first-order chi connectivity index (χ1) is 9.40. The Balaban J connectivity index is 2.32. The van der Waals surface area contributed by atoms with E-state index in [-0.39, 0.29) is 6.04 Å². The Morgan fingerprint density at radius 2 is 2.10 bits per heavy atom. The van der Waals surface area contributed by atoms with Gasteiger partial charge >= 0.3 is 0 Å². The summed E-state index contributed by atoms with van der Waals surface area (Å²) in [5.41, 5.74) is 0.850. The Hall–Kier alpha value is -0.520. The molecule has 1 aromatic rings. The highest BCUT2D eigenvalue weighted by molar-refractivity contribution is 7.89. The standard InChI is InChI=1S/C14H23ClN2O2S/c1-4-16(9-12-5-6-12)20(18,19)14-7-13(8-15)17(10-14)11(2)3/h7,10-12H,4-6,8-9H2,1-3H3. The van der Waals surface area contributed by atoms with Crippen molar-refractivity contribution in [2.45, 2.75) is 50.4 Å². The Bertz CT molecular complexity index is 562. The van der Waals surface area contributed by atoms with Gasteiger partial charge in [0, 0.05) is 31.0 Å². The van der Waals surface area contributed by atoms with Gasteiger partial charge in [-0.25, -0.2) is 8.42 Å². The van der Waals surface area contributed by atoms with Crippen molar-refractivity contribution >= 4 is 21.6 Å². The summed E-state index contributed by atoms with van der Waals surface area (Å²) in [5.74, 6) is 0.868. The molecule has 0 saturated heterocycles. The van der Waals surface area contributed by atoms with E-state index in [1.807, 2.05) is 25.3 Å². The molecule has 0 bridgehead atoms. The molecule has 6 heteroatoms. The summed E-state index contributed by atoms with van der Waals surface area (Å²) in [5, 5.41) is 0. The maximum absolute atomic E-state index is 12.7. The minimum absolute atomic E-state index is 0.200. The van der Waals surface area contributed by atoms with Gasteiger partial charge in [0.2, 0.25) is 10.0 Å². The van der Waals surface area contributed by atoms with Crippen LogP contribution in [0, 0.1) is 5.92 Å². The van der Waals surface area contributed by atoms with Crippen LogP contribution >= 0.6 is 11.6 Å². The number of hydrogen-bond donors (Lipinski definition) is 0. The van der Waals surface area contributed by atoms with E-state index in [1.165, 1.54) is 0 Å². The highest BCUT2D eigenvalue weighted by Crippen LogP contribution is 2.32. The van der Waals surface area contributed by atoms with Gasteiger partial charge in [0.1, 0.15) is 4.90 Å². The lowest BCUT2D eigenvalue weighted by Gasteiger charge is -2.19. The van der Waals surface area contributed by atoms with Crippen molar-refractivity contribution in [2.24, 2.45) is 5.92 Å². The van der Waals surface area contributed by atoms with Crippen molar-refractivity contribution in [3.05, 3.63) is 18.0 Å². The third kappa shape index (κ3) is 3.21. The van der Waals surface area contributed by atoms with Crippen molar-refractivity contribution in [1.82, 2.24) is 8.87 Å². The molecule has 0 atom stereocenters.